The van der Waals surface area contributed by atoms with Gasteiger partial charge in [0.15, 0.2) is 9.84 Å². The standard InChI is InChI=1S/C12H17ClN2O2S/c1-18(16,17)10-4-5-11(13)12(7-10)15-8-9-3-2-6-14-9/h4-5,7,9,14-15H,2-3,6,8H2,1H3. The summed E-state index contributed by atoms with van der Waals surface area (Å²) in [6.07, 6.45) is 3.51. The van der Waals surface area contributed by atoms with Gasteiger partial charge in [-0.1, -0.05) is 11.6 Å². The van der Waals surface area contributed by atoms with E-state index in [0.29, 0.717) is 16.8 Å². The molecule has 0 radical (unpaired) electrons. The predicted octanol–water partition coefficient (Wildman–Crippen LogP) is 1.91. The fraction of sp³-hybridized carbons (Fsp3) is 0.500. The highest BCUT2D eigenvalue weighted by molar-refractivity contribution is 7.90. The Hall–Kier alpha value is -0.780. The van der Waals surface area contributed by atoms with Crippen molar-refractivity contribution in [3.05, 3.63) is 23.2 Å². The van der Waals surface area contributed by atoms with Gasteiger partial charge < -0.3 is 10.6 Å². The van der Waals surface area contributed by atoms with Crippen molar-refractivity contribution >= 4 is 27.1 Å². The van der Waals surface area contributed by atoms with E-state index >= 15 is 0 Å². The van der Waals surface area contributed by atoms with Crippen molar-refractivity contribution in [1.82, 2.24) is 5.32 Å². The average Bonchev–Trinajstić information content (AvgIpc) is 2.79. The van der Waals surface area contributed by atoms with Crippen LogP contribution in [0.4, 0.5) is 5.69 Å². The second-order valence-corrected chi connectivity index (χ2v) is 7.01. The molecule has 1 fully saturated rings. The molecule has 6 heteroatoms. The molecule has 1 atom stereocenters. The lowest BCUT2D eigenvalue weighted by atomic mass is 10.2. The molecule has 18 heavy (non-hydrogen) atoms. The Labute approximate surface area is 113 Å². The number of nitrogens with one attached hydrogen (secondary N) is 2. The van der Waals surface area contributed by atoms with E-state index in [1.54, 1.807) is 12.1 Å². The summed E-state index contributed by atoms with van der Waals surface area (Å²) in [5.41, 5.74) is 0.674. The third-order valence-electron chi connectivity index (χ3n) is 3.07. The lowest BCUT2D eigenvalue weighted by Gasteiger charge is -2.14. The van der Waals surface area contributed by atoms with E-state index in [4.69, 9.17) is 11.6 Å². The summed E-state index contributed by atoms with van der Waals surface area (Å²) in [5.74, 6) is 0. The van der Waals surface area contributed by atoms with Crippen molar-refractivity contribution in [3.8, 4) is 0 Å². The molecule has 1 aromatic carbocycles. The molecule has 1 heterocycles. The Morgan fingerprint density at radius 2 is 2.28 bits per heavy atom. The highest BCUT2D eigenvalue weighted by Crippen LogP contribution is 2.25. The number of anilines is 1. The van der Waals surface area contributed by atoms with Crippen LogP contribution in [-0.2, 0) is 9.84 Å². The molecule has 0 amide bonds. The number of hydrogen-bond donors (Lipinski definition) is 2. The minimum Gasteiger partial charge on any atom is -0.382 e. The van der Waals surface area contributed by atoms with Crippen molar-refractivity contribution in [2.45, 2.75) is 23.8 Å². The lowest BCUT2D eigenvalue weighted by molar-refractivity contribution is 0.602. The summed E-state index contributed by atoms with van der Waals surface area (Å²) >= 11 is 6.05. The molecule has 0 spiro atoms. The summed E-state index contributed by atoms with van der Waals surface area (Å²) in [6.45, 7) is 1.80. The third-order valence-corrected chi connectivity index (χ3v) is 4.51. The first-order valence-corrected chi connectivity index (χ1v) is 8.20. The minimum atomic E-state index is -3.19. The highest BCUT2D eigenvalue weighted by Gasteiger charge is 2.15. The van der Waals surface area contributed by atoms with Gasteiger partial charge >= 0.3 is 0 Å². The van der Waals surface area contributed by atoms with Crippen molar-refractivity contribution in [2.75, 3.05) is 24.7 Å². The zero-order valence-corrected chi connectivity index (χ0v) is 11.8. The second kappa shape index (κ2) is 5.47. The smallest absolute Gasteiger partial charge is 0.175 e. The number of rotatable bonds is 4. The lowest BCUT2D eigenvalue weighted by Crippen LogP contribution is -2.29. The Bertz CT molecular complexity index is 525. The maximum Gasteiger partial charge on any atom is 0.175 e. The van der Waals surface area contributed by atoms with Crippen LogP contribution >= 0.6 is 11.6 Å². The van der Waals surface area contributed by atoms with Gasteiger partial charge in [0, 0.05) is 18.8 Å². The fourth-order valence-corrected chi connectivity index (χ4v) is 2.87. The molecular weight excluding hydrogens is 272 g/mol. The summed E-state index contributed by atoms with van der Waals surface area (Å²) in [6, 6.07) is 5.16. The van der Waals surface area contributed by atoms with Gasteiger partial charge in [-0.05, 0) is 37.6 Å². The van der Waals surface area contributed by atoms with Gasteiger partial charge in [-0.15, -0.1) is 0 Å². The van der Waals surface area contributed by atoms with Crippen LogP contribution in [0.2, 0.25) is 5.02 Å². The van der Waals surface area contributed by atoms with Crippen molar-refractivity contribution in [1.29, 1.82) is 0 Å². The SMILES string of the molecule is CS(=O)(=O)c1ccc(Cl)c(NCC2CCCN2)c1. The third kappa shape index (κ3) is 3.37. The number of benzene rings is 1. The maximum absolute atomic E-state index is 11.5. The minimum absolute atomic E-state index is 0.286. The molecule has 0 bridgehead atoms. The number of hydrogen-bond acceptors (Lipinski definition) is 4. The Kier molecular flexibility index (Phi) is 4.14. The first-order valence-electron chi connectivity index (χ1n) is 5.94. The normalized spacial score (nSPS) is 20.0. The summed E-state index contributed by atoms with van der Waals surface area (Å²) in [5, 5.41) is 7.12. The van der Waals surface area contributed by atoms with E-state index in [1.807, 2.05) is 0 Å². The first-order chi connectivity index (χ1) is 8.47. The molecular formula is C12H17ClN2O2S. The van der Waals surface area contributed by atoms with E-state index in [9.17, 15) is 8.42 Å². The summed E-state index contributed by atoms with van der Waals surface area (Å²) in [4.78, 5) is 0.286. The van der Waals surface area contributed by atoms with Crippen LogP contribution in [-0.4, -0.2) is 33.8 Å². The molecule has 0 aromatic heterocycles. The van der Waals surface area contributed by atoms with Crippen LogP contribution in [0, 0.1) is 0 Å². The van der Waals surface area contributed by atoms with Crippen molar-refractivity contribution in [3.63, 3.8) is 0 Å². The van der Waals surface area contributed by atoms with Gasteiger partial charge in [0.25, 0.3) is 0 Å². The van der Waals surface area contributed by atoms with Gasteiger partial charge in [-0.2, -0.15) is 0 Å². The molecule has 0 aliphatic carbocycles. The number of sulfone groups is 1. The molecule has 1 unspecified atom stereocenters. The topological polar surface area (TPSA) is 58.2 Å². The largest absolute Gasteiger partial charge is 0.382 e. The highest BCUT2D eigenvalue weighted by atomic mass is 35.5. The van der Waals surface area contributed by atoms with Crippen LogP contribution in [0.25, 0.3) is 0 Å². The Balaban J connectivity index is 2.11. The van der Waals surface area contributed by atoms with Crippen LogP contribution in [0.1, 0.15) is 12.8 Å². The summed E-state index contributed by atoms with van der Waals surface area (Å²) in [7, 11) is -3.19. The molecule has 2 N–H and O–H groups in total. The van der Waals surface area contributed by atoms with Crippen LogP contribution in [0.3, 0.4) is 0 Å². The van der Waals surface area contributed by atoms with Gasteiger partial charge in [0.2, 0.25) is 0 Å². The van der Waals surface area contributed by atoms with E-state index in [2.05, 4.69) is 10.6 Å². The first kappa shape index (κ1) is 13.6. The predicted molar refractivity (Wildman–Crippen MR) is 74.1 cm³/mol. The molecule has 1 aliphatic heterocycles. The molecule has 0 saturated carbocycles. The van der Waals surface area contributed by atoms with E-state index in [1.165, 1.54) is 18.7 Å². The van der Waals surface area contributed by atoms with Crippen LogP contribution in [0.5, 0.6) is 0 Å². The Morgan fingerprint density at radius 1 is 1.50 bits per heavy atom. The molecule has 1 aliphatic rings. The zero-order valence-electron chi connectivity index (χ0n) is 10.2. The maximum atomic E-state index is 11.5. The second-order valence-electron chi connectivity index (χ2n) is 4.59. The zero-order chi connectivity index (χ0) is 13.2. The van der Waals surface area contributed by atoms with Gasteiger partial charge in [-0.3, -0.25) is 0 Å². The van der Waals surface area contributed by atoms with Crippen LogP contribution < -0.4 is 10.6 Å². The Morgan fingerprint density at radius 3 is 2.89 bits per heavy atom. The fourth-order valence-electron chi connectivity index (χ4n) is 2.03. The average molecular weight is 289 g/mol. The molecule has 2 rings (SSSR count). The van der Waals surface area contributed by atoms with Gasteiger partial charge in [-0.25, -0.2) is 8.42 Å². The molecule has 4 nitrogen and oxygen atoms in total. The van der Waals surface area contributed by atoms with Gasteiger partial charge in [0.1, 0.15) is 0 Å². The van der Waals surface area contributed by atoms with E-state index in [0.717, 1.165) is 19.5 Å². The molecule has 1 aromatic rings. The quantitative estimate of drug-likeness (QED) is 0.889. The van der Waals surface area contributed by atoms with Crippen LogP contribution in [0.15, 0.2) is 23.1 Å². The van der Waals surface area contributed by atoms with E-state index in [-0.39, 0.29) is 4.90 Å². The van der Waals surface area contributed by atoms with Crippen molar-refractivity contribution < 1.29 is 8.42 Å². The van der Waals surface area contributed by atoms with Crippen molar-refractivity contribution in [2.24, 2.45) is 0 Å². The number of halogens is 1. The molecule has 100 valence electrons. The van der Waals surface area contributed by atoms with E-state index < -0.39 is 9.84 Å². The van der Waals surface area contributed by atoms with Gasteiger partial charge in [0.05, 0.1) is 15.6 Å². The summed E-state index contributed by atoms with van der Waals surface area (Å²) < 4.78 is 22.9. The molecule has 1 saturated heterocycles. The monoisotopic (exact) mass is 288 g/mol.